The van der Waals surface area contributed by atoms with Crippen LogP contribution >= 0.6 is 0 Å². The van der Waals surface area contributed by atoms with E-state index in [9.17, 15) is 9.59 Å². The second kappa shape index (κ2) is 6.61. The standard InChI is InChI=1S/C13H25N3O2/c1-10(2)9-14-13(18)16-7-5-15(6-8-16)12(17)11(3)4/h10-11H,5-9H2,1-4H3,(H,14,18). The fourth-order valence-corrected chi connectivity index (χ4v) is 1.90. The summed E-state index contributed by atoms with van der Waals surface area (Å²) in [5.41, 5.74) is 0. The van der Waals surface area contributed by atoms with Crippen molar-refractivity contribution in [2.75, 3.05) is 32.7 Å². The number of urea groups is 1. The van der Waals surface area contributed by atoms with Gasteiger partial charge in [0.05, 0.1) is 0 Å². The number of carbonyl (C=O) groups is 2. The van der Waals surface area contributed by atoms with Crippen LogP contribution in [-0.4, -0.2) is 54.5 Å². The number of piperazine rings is 1. The Morgan fingerprint density at radius 3 is 1.94 bits per heavy atom. The van der Waals surface area contributed by atoms with Crippen LogP contribution in [0.15, 0.2) is 0 Å². The van der Waals surface area contributed by atoms with Gasteiger partial charge in [-0.15, -0.1) is 0 Å². The molecule has 1 aliphatic heterocycles. The van der Waals surface area contributed by atoms with Gasteiger partial charge in [-0.1, -0.05) is 27.7 Å². The number of rotatable bonds is 3. The van der Waals surface area contributed by atoms with E-state index in [2.05, 4.69) is 19.2 Å². The van der Waals surface area contributed by atoms with Gasteiger partial charge in [0.15, 0.2) is 0 Å². The van der Waals surface area contributed by atoms with Gasteiger partial charge in [-0.05, 0) is 5.92 Å². The van der Waals surface area contributed by atoms with Gasteiger partial charge < -0.3 is 15.1 Å². The van der Waals surface area contributed by atoms with Crippen molar-refractivity contribution in [3.05, 3.63) is 0 Å². The van der Waals surface area contributed by atoms with E-state index in [0.717, 1.165) is 0 Å². The van der Waals surface area contributed by atoms with E-state index < -0.39 is 0 Å². The molecule has 1 aliphatic rings. The van der Waals surface area contributed by atoms with E-state index in [1.165, 1.54) is 0 Å². The molecule has 1 heterocycles. The molecule has 0 unspecified atom stereocenters. The minimum absolute atomic E-state index is 0.0136. The van der Waals surface area contributed by atoms with Crippen LogP contribution in [-0.2, 0) is 4.79 Å². The maximum absolute atomic E-state index is 11.8. The topological polar surface area (TPSA) is 52.7 Å². The molecule has 0 aromatic carbocycles. The Bertz CT molecular complexity index is 295. The quantitative estimate of drug-likeness (QED) is 0.822. The highest BCUT2D eigenvalue weighted by atomic mass is 16.2. The second-order valence-electron chi connectivity index (χ2n) is 5.55. The lowest BCUT2D eigenvalue weighted by molar-refractivity contribution is -0.135. The molecular weight excluding hydrogens is 230 g/mol. The first kappa shape index (κ1) is 14.8. The Morgan fingerprint density at radius 1 is 1.00 bits per heavy atom. The van der Waals surface area contributed by atoms with E-state index in [1.54, 1.807) is 4.90 Å². The average Bonchev–Trinajstić information content (AvgIpc) is 2.35. The molecule has 5 heteroatoms. The molecule has 1 N–H and O–H groups in total. The van der Waals surface area contributed by atoms with Crippen LogP contribution in [0.5, 0.6) is 0 Å². The SMILES string of the molecule is CC(C)CNC(=O)N1CCN(C(=O)C(C)C)CC1. The summed E-state index contributed by atoms with van der Waals surface area (Å²) in [6.07, 6.45) is 0. The highest BCUT2D eigenvalue weighted by molar-refractivity contribution is 5.79. The molecule has 1 rings (SSSR count). The molecule has 1 fully saturated rings. The van der Waals surface area contributed by atoms with Gasteiger partial charge in [0, 0.05) is 38.6 Å². The summed E-state index contributed by atoms with van der Waals surface area (Å²) in [7, 11) is 0. The highest BCUT2D eigenvalue weighted by Gasteiger charge is 2.25. The zero-order valence-electron chi connectivity index (χ0n) is 11.9. The van der Waals surface area contributed by atoms with Gasteiger partial charge in [0.25, 0.3) is 0 Å². The summed E-state index contributed by atoms with van der Waals surface area (Å²) in [5.74, 6) is 0.668. The lowest BCUT2D eigenvalue weighted by atomic mass is 10.1. The molecule has 0 aliphatic carbocycles. The first-order valence-corrected chi connectivity index (χ1v) is 6.73. The van der Waals surface area contributed by atoms with Crippen molar-refractivity contribution in [1.29, 1.82) is 0 Å². The molecule has 0 bridgehead atoms. The third-order valence-corrected chi connectivity index (χ3v) is 3.03. The Morgan fingerprint density at radius 2 is 1.50 bits per heavy atom. The van der Waals surface area contributed by atoms with Crippen molar-refractivity contribution in [3.63, 3.8) is 0 Å². The number of amides is 3. The van der Waals surface area contributed by atoms with Gasteiger partial charge in [-0.2, -0.15) is 0 Å². The largest absolute Gasteiger partial charge is 0.339 e. The smallest absolute Gasteiger partial charge is 0.317 e. The Hall–Kier alpha value is -1.26. The van der Waals surface area contributed by atoms with Crippen molar-refractivity contribution in [1.82, 2.24) is 15.1 Å². The third-order valence-electron chi connectivity index (χ3n) is 3.03. The second-order valence-corrected chi connectivity index (χ2v) is 5.55. The average molecular weight is 255 g/mol. The van der Waals surface area contributed by atoms with Crippen molar-refractivity contribution in [2.24, 2.45) is 11.8 Å². The minimum Gasteiger partial charge on any atom is -0.339 e. The van der Waals surface area contributed by atoms with Gasteiger partial charge in [-0.25, -0.2) is 4.79 Å². The maximum atomic E-state index is 11.8. The zero-order valence-corrected chi connectivity index (χ0v) is 11.9. The molecule has 1 saturated heterocycles. The van der Waals surface area contributed by atoms with Crippen LogP contribution in [0.4, 0.5) is 4.79 Å². The zero-order chi connectivity index (χ0) is 13.7. The van der Waals surface area contributed by atoms with E-state index in [-0.39, 0.29) is 17.9 Å². The van der Waals surface area contributed by atoms with Gasteiger partial charge in [-0.3, -0.25) is 4.79 Å². The molecule has 0 spiro atoms. The van der Waals surface area contributed by atoms with Gasteiger partial charge in [0.2, 0.25) is 5.91 Å². The number of nitrogens with zero attached hydrogens (tertiary/aromatic N) is 2. The van der Waals surface area contributed by atoms with Gasteiger partial charge >= 0.3 is 6.03 Å². The normalized spacial score (nSPS) is 16.3. The van der Waals surface area contributed by atoms with E-state index in [1.807, 2.05) is 18.7 Å². The van der Waals surface area contributed by atoms with Crippen molar-refractivity contribution in [3.8, 4) is 0 Å². The lowest BCUT2D eigenvalue weighted by Gasteiger charge is -2.35. The molecule has 3 amide bonds. The summed E-state index contributed by atoms with van der Waals surface area (Å²) in [6.45, 7) is 11.2. The Balaban J connectivity index is 2.35. The molecule has 104 valence electrons. The van der Waals surface area contributed by atoms with Crippen molar-refractivity contribution in [2.45, 2.75) is 27.7 Å². The summed E-state index contributed by atoms with van der Waals surface area (Å²) in [6, 6.07) is -0.0136. The predicted octanol–water partition coefficient (Wildman–Crippen LogP) is 1.15. The first-order valence-electron chi connectivity index (χ1n) is 6.73. The number of carbonyl (C=O) groups excluding carboxylic acids is 2. The maximum Gasteiger partial charge on any atom is 0.317 e. The van der Waals surface area contributed by atoms with Crippen LogP contribution in [0.2, 0.25) is 0 Å². The van der Waals surface area contributed by atoms with Crippen LogP contribution in [0.1, 0.15) is 27.7 Å². The molecule has 0 saturated carbocycles. The summed E-state index contributed by atoms with van der Waals surface area (Å²) in [5, 5.41) is 2.90. The van der Waals surface area contributed by atoms with E-state index in [4.69, 9.17) is 0 Å². The molecular formula is C13H25N3O2. The number of nitrogens with one attached hydrogen (secondary N) is 1. The van der Waals surface area contributed by atoms with Crippen molar-refractivity contribution >= 4 is 11.9 Å². The van der Waals surface area contributed by atoms with E-state index in [0.29, 0.717) is 38.6 Å². The van der Waals surface area contributed by atoms with Crippen LogP contribution in [0, 0.1) is 11.8 Å². The van der Waals surface area contributed by atoms with E-state index >= 15 is 0 Å². The van der Waals surface area contributed by atoms with Gasteiger partial charge in [0.1, 0.15) is 0 Å². The molecule has 5 nitrogen and oxygen atoms in total. The molecule has 0 radical (unpaired) electrons. The van der Waals surface area contributed by atoms with Crippen LogP contribution in [0.3, 0.4) is 0 Å². The summed E-state index contributed by atoms with van der Waals surface area (Å²) < 4.78 is 0. The molecule has 0 aromatic rings. The molecule has 0 atom stereocenters. The summed E-state index contributed by atoms with van der Waals surface area (Å²) in [4.78, 5) is 27.2. The predicted molar refractivity (Wildman–Crippen MR) is 71.2 cm³/mol. The van der Waals surface area contributed by atoms with Crippen molar-refractivity contribution < 1.29 is 9.59 Å². The highest BCUT2D eigenvalue weighted by Crippen LogP contribution is 2.07. The fraction of sp³-hybridized carbons (Fsp3) is 0.846. The Kier molecular flexibility index (Phi) is 5.44. The molecule has 18 heavy (non-hydrogen) atoms. The number of hydrogen-bond donors (Lipinski definition) is 1. The third kappa shape index (κ3) is 4.20. The lowest BCUT2D eigenvalue weighted by Crippen LogP contribution is -2.54. The summed E-state index contributed by atoms with van der Waals surface area (Å²) >= 11 is 0. The first-order chi connectivity index (χ1) is 8.41. The Labute approximate surface area is 110 Å². The fourth-order valence-electron chi connectivity index (χ4n) is 1.90. The van der Waals surface area contributed by atoms with Crippen LogP contribution < -0.4 is 5.32 Å². The molecule has 0 aromatic heterocycles. The monoisotopic (exact) mass is 255 g/mol. The van der Waals surface area contributed by atoms with Crippen LogP contribution in [0.25, 0.3) is 0 Å². The number of hydrogen-bond acceptors (Lipinski definition) is 2. The minimum atomic E-state index is -0.0136.